The van der Waals surface area contributed by atoms with Gasteiger partial charge in [-0.2, -0.15) is 0 Å². The van der Waals surface area contributed by atoms with Crippen molar-refractivity contribution in [1.29, 1.82) is 0 Å². The molecular formula is C28H28N4O6. The Kier molecular flexibility index (Phi) is 8.49. The van der Waals surface area contributed by atoms with Crippen LogP contribution < -0.4 is 16.1 Å². The van der Waals surface area contributed by atoms with Crippen molar-refractivity contribution in [3.05, 3.63) is 95.1 Å². The smallest absolute Gasteiger partial charge is 0.335 e. The zero-order chi connectivity index (χ0) is 27.1. The molecule has 10 nitrogen and oxygen atoms in total. The minimum atomic E-state index is -1.08. The maximum absolute atomic E-state index is 13.0. The summed E-state index contributed by atoms with van der Waals surface area (Å²) in [5, 5.41) is 24.3. The number of carbonyl (C=O) groups excluding carboxylic acids is 2. The number of amides is 2. The number of aliphatic hydroxyl groups excluding tert-OH is 1. The number of nitrogens with zero attached hydrogens (tertiary/aromatic N) is 1. The molecular weight excluding hydrogens is 488 g/mol. The highest BCUT2D eigenvalue weighted by Crippen LogP contribution is 2.38. The lowest BCUT2D eigenvalue weighted by atomic mass is 9.99. The molecule has 38 heavy (non-hydrogen) atoms. The summed E-state index contributed by atoms with van der Waals surface area (Å²) < 4.78 is 0. The Labute approximate surface area is 219 Å². The molecule has 0 spiro atoms. The third kappa shape index (κ3) is 6.24. The zero-order valence-corrected chi connectivity index (χ0v) is 20.7. The average molecular weight is 517 g/mol. The molecule has 3 aromatic carbocycles. The standard InChI is InChI=1S/C28H28N4O6/c1-32(13-15-33)14-16-38-31-26(34)19-7-10-21(11-8-19)29-25(18-5-3-2-4-6-18)24-22-12-9-20(28(36)37)17-23(22)30-27(24)35/h2-12,17,29,33H,13-16H2,1H3,(H,30,35)(H,31,34)(H,36,37)/b25-24-. The molecule has 5 N–H and O–H groups in total. The largest absolute Gasteiger partial charge is 0.478 e. The van der Waals surface area contributed by atoms with Crippen molar-refractivity contribution in [3.8, 4) is 0 Å². The second-order valence-corrected chi connectivity index (χ2v) is 8.64. The fourth-order valence-electron chi connectivity index (χ4n) is 3.95. The number of hydrogen-bond acceptors (Lipinski definition) is 7. The number of carboxylic acids is 1. The highest BCUT2D eigenvalue weighted by Gasteiger charge is 2.29. The van der Waals surface area contributed by atoms with Crippen LogP contribution in [-0.4, -0.2) is 66.2 Å². The number of carboxylic acid groups (broad SMARTS) is 1. The van der Waals surface area contributed by atoms with E-state index in [2.05, 4.69) is 16.1 Å². The van der Waals surface area contributed by atoms with Crippen LogP contribution in [0.15, 0.2) is 72.8 Å². The second-order valence-electron chi connectivity index (χ2n) is 8.64. The summed E-state index contributed by atoms with van der Waals surface area (Å²) in [6, 6.07) is 20.5. The molecule has 0 unspecified atom stereocenters. The van der Waals surface area contributed by atoms with Gasteiger partial charge >= 0.3 is 5.97 Å². The lowest BCUT2D eigenvalue weighted by molar-refractivity contribution is -0.110. The molecule has 2 amide bonds. The molecule has 0 aliphatic carbocycles. The van der Waals surface area contributed by atoms with Gasteiger partial charge in [-0.1, -0.05) is 36.4 Å². The van der Waals surface area contributed by atoms with Crippen LogP contribution in [0.25, 0.3) is 11.3 Å². The number of rotatable bonds is 11. The minimum Gasteiger partial charge on any atom is -0.478 e. The Hall–Kier alpha value is -4.51. The van der Waals surface area contributed by atoms with Crippen LogP contribution in [0.1, 0.15) is 31.8 Å². The van der Waals surface area contributed by atoms with Crippen LogP contribution in [0.2, 0.25) is 0 Å². The van der Waals surface area contributed by atoms with E-state index in [0.29, 0.717) is 46.9 Å². The number of hydrogen-bond donors (Lipinski definition) is 5. The molecule has 3 aromatic rings. The molecule has 0 radical (unpaired) electrons. The van der Waals surface area contributed by atoms with Crippen molar-refractivity contribution in [1.82, 2.24) is 10.4 Å². The molecule has 0 atom stereocenters. The summed E-state index contributed by atoms with van der Waals surface area (Å²) in [6.07, 6.45) is 0. The Morgan fingerprint density at radius 3 is 2.34 bits per heavy atom. The van der Waals surface area contributed by atoms with Gasteiger partial charge < -0.3 is 25.7 Å². The molecule has 1 heterocycles. The predicted octanol–water partition coefficient (Wildman–Crippen LogP) is 2.90. The molecule has 0 saturated carbocycles. The molecule has 1 aliphatic rings. The topological polar surface area (TPSA) is 140 Å². The Balaban J connectivity index is 1.54. The van der Waals surface area contributed by atoms with Gasteiger partial charge in [0.25, 0.3) is 11.8 Å². The van der Waals surface area contributed by atoms with Gasteiger partial charge in [0.05, 0.1) is 35.7 Å². The summed E-state index contributed by atoms with van der Waals surface area (Å²) in [4.78, 5) is 43.9. The number of likely N-dealkylation sites (N-methyl/N-ethyl adjacent to an activating group) is 1. The van der Waals surface area contributed by atoms with E-state index in [1.165, 1.54) is 12.1 Å². The lowest BCUT2D eigenvalue weighted by Gasteiger charge is -2.16. The van der Waals surface area contributed by atoms with Gasteiger partial charge in [0.2, 0.25) is 0 Å². The summed E-state index contributed by atoms with van der Waals surface area (Å²) in [5.41, 5.74) is 6.20. The van der Waals surface area contributed by atoms with Crippen LogP contribution in [0, 0.1) is 0 Å². The summed E-state index contributed by atoms with van der Waals surface area (Å²) in [6.45, 7) is 1.39. The molecule has 4 rings (SSSR count). The highest BCUT2D eigenvalue weighted by molar-refractivity contribution is 6.37. The first kappa shape index (κ1) is 26.6. The van der Waals surface area contributed by atoms with Gasteiger partial charge in [-0.3, -0.25) is 14.4 Å². The van der Waals surface area contributed by atoms with Gasteiger partial charge in [-0.15, -0.1) is 0 Å². The van der Waals surface area contributed by atoms with Gasteiger partial charge in [0.1, 0.15) is 0 Å². The summed E-state index contributed by atoms with van der Waals surface area (Å²) >= 11 is 0. The van der Waals surface area contributed by atoms with E-state index < -0.39 is 11.9 Å². The van der Waals surface area contributed by atoms with E-state index >= 15 is 0 Å². The Morgan fingerprint density at radius 2 is 1.66 bits per heavy atom. The summed E-state index contributed by atoms with van der Waals surface area (Å²) in [5.74, 6) is -1.84. The molecule has 196 valence electrons. The Morgan fingerprint density at radius 1 is 0.947 bits per heavy atom. The van der Waals surface area contributed by atoms with Crippen LogP contribution in [0.3, 0.4) is 0 Å². The number of aromatic carboxylic acids is 1. The van der Waals surface area contributed by atoms with Gasteiger partial charge in [0, 0.05) is 29.9 Å². The van der Waals surface area contributed by atoms with E-state index in [1.807, 2.05) is 42.3 Å². The summed E-state index contributed by atoms with van der Waals surface area (Å²) in [7, 11) is 1.84. The first-order valence-electron chi connectivity index (χ1n) is 11.9. The van der Waals surface area contributed by atoms with E-state index in [4.69, 9.17) is 9.94 Å². The molecule has 1 aliphatic heterocycles. The molecule has 0 saturated heterocycles. The number of nitrogens with one attached hydrogen (secondary N) is 3. The third-order valence-electron chi connectivity index (χ3n) is 5.96. The number of anilines is 2. The van der Waals surface area contributed by atoms with Crippen LogP contribution in [0.4, 0.5) is 11.4 Å². The number of aliphatic hydroxyl groups is 1. The van der Waals surface area contributed by atoms with Gasteiger partial charge in [0.15, 0.2) is 0 Å². The maximum atomic E-state index is 13.0. The lowest BCUT2D eigenvalue weighted by Crippen LogP contribution is -2.31. The van der Waals surface area contributed by atoms with Crippen molar-refractivity contribution < 1.29 is 29.4 Å². The van der Waals surface area contributed by atoms with E-state index in [0.717, 1.165) is 5.56 Å². The van der Waals surface area contributed by atoms with E-state index in [1.54, 1.807) is 30.3 Å². The maximum Gasteiger partial charge on any atom is 0.335 e. The first-order valence-corrected chi connectivity index (χ1v) is 11.9. The first-order chi connectivity index (χ1) is 18.4. The number of carbonyl (C=O) groups is 3. The predicted molar refractivity (Wildman–Crippen MR) is 143 cm³/mol. The van der Waals surface area contributed by atoms with Crippen molar-refractivity contribution in [2.75, 3.05) is 44.0 Å². The van der Waals surface area contributed by atoms with Crippen LogP contribution in [-0.2, 0) is 9.63 Å². The SMILES string of the molecule is CN(CCO)CCONC(=O)c1ccc(N/C(=C2\C(=O)Nc3cc(C(=O)O)ccc32)c2ccccc2)cc1. The average Bonchev–Trinajstić information content (AvgIpc) is 3.25. The number of fused-ring (bicyclic) bond motifs is 1. The van der Waals surface area contributed by atoms with Crippen molar-refractivity contribution in [3.63, 3.8) is 0 Å². The fourth-order valence-corrected chi connectivity index (χ4v) is 3.95. The Bertz CT molecular complexity index is 1360. The van der Waals surface area contributed by atoms with Crippen molar-refractivity contribution in [2.45, 2.75) is 0 Å². The zero-order valence-electron chi connectivity index (χ0n) is 20.7. The van der Waals surface area contributed by atoms with Crippen LogP contribution in [0.5, 0.6) is 0 Å². The minimum absolute atomic E-state index is 0.0503. The van der Waals surface area contributed by atoms with Crippen molar-refractivity contribution >= 4 is 40.4 Å². The highest BCUT2D eigenvalue weighted by atomic mass is 16.7. The molecule has 0 bridgehead atoms. The normalized spacial score (nSPS) is 13.6. The van der Waals surface area contributed by atoms with Crippen molar-refractivity contribution in [2.24, 2.45) is 0 Å². The van der Waals surface area contributed by atoms with Gasteiger partial charge in [-0.05, 0) is 49.0 Å². The second kappa shape index (κ2) is 12.2. The molecule has 0 aromatic heterocycles. The monoisotopic (exact) mass is 516 g/mol. The molecule has 0 fully saturated rings. The van der Waals surface area contributed by atoms with E-state index in [-0.39, 0.29) is 24.7 Å². The van der Waals surface area contributed by atoms with Crippen LogP contribution >= 0.6 is 0 Å². The van der Waals surface area contributed by atoms with Gasteiger partial charge in [-0.25, -0.2) is 10.3 Å². The fraction of sp³-hybridized carbons (Fsp3) is 0.179. The van der Waals surface area contributed by atoms with E-state index in [9.17, 15) is 19.5 Å². The molecule has 10 heteroatoms. The third-order valence-corrected chi connectivity index (χ3v) is 5.96. The quantitative estimate of drug-likeness (QED) is 0.149. The number of hydroxylamine groups is 1. The number of benzene rings is 3.